The van der Waals surface area contributed by atoms with Crippen LogP contribution in [0.3, 0.4) is 0 Å². The Morgan fingerprint density at radius 1 is 1.30 bits per heavy atom. The minimum absolute atomic E-state index is 0.141. The third kappa shape index (κ3) is 2.80. The molecule has 0 unspecified atom stereocenters. The van der Waals surface area contributed by atoms with Crippen LogP contribution in [0.1, 0.15) is 43.4 Å². The Labute approximate surface area is 134 Å². The Morgan fingerprint density at radius 2 is 2.26 bits per heavy atom. The second kappa shape index (κ2) is 6.02. The molecule has 1 aliphatic heterocycles. The van der Waals surface area contributed by atoms with Gasteiger partial charge < -0.3 is 19.8 Å². The summed E-state index contributed by atoms with van der Waals surface area (Å²) < 4.78 is 4.19. The third-order valence-electron chi connectivity index (χ3n) is 4.80. The fourth-order valence-corrected chi connectivity index (χ4v) is 3.65. The van der Waals surface area contributed by atoms with Gasteiger partial charge in [-0.05, 0) is 25.7 Å². The molecule has 2 atom stereocenters. The van der Waals surface area contributed by atoms with Crippen molar-refractivity contribution in [3.8, 4) is 0 Å². The number of hydrogen-bond donors (Lipinski definition) is 2. The monoisotopic (exact) mass is 315 g/mol. The van der Waals surface area contributed by atoms with E-state index >= 15 is 0 Å². The summed E-state index contributed by atoms with van der Waals surface area (Å²) in [7, 11) is 0. The van der Waals surface area contributed by atoms with Crippen LogP contribution in [0.15, 0.2) is 18.7 Å². The number of nitrogens with one attached hydrogen (secondary N) is 2. The van der Waals surface area contributed by atoms with Crippen molar-refractivity contribution >= 4 is 6.03 Å². The molecule has 23 heavy (non-hydrogen) atoms. The number of carbonyl (C=O) groups excluding carboxylic acids is 1. The van der Waals surface area contributed by atoms with Gasteiger partial charge in [-0.3, -0.25) is 0 Å². The summed E-state index contributed by atoms with van der Waals surface area (Å²) in [5.41, 5.74) is 0. The summed E-state index contributed by atoms with van der Waals surface area (Å²) in [4.78, 5) is 16.3. The molecule has 0 radical (unpaired) electrons. The molecule has 0 aromatic carbocycles. The SMILES string of the molecule is O=C(NCc1nnc2n1CCC2)N[C@@H]1CCC[C@@H]1n1ccnc1. The van der Waals surface area contributed by atoms with Gasteiger partial charge in [0.05, 0.1) is 25.0 Å². The van der Waals surface area contributed by atoms with Crippen LogP contribution in [0.2, 0.25) is 0 Å². The molecule has 8 heteroatoms. The zero-order valence-corrected chi connectivity index (χ0v) is 13.0. The summed E-state index contributed by atoms with van der Waals surface area (Å²) in [6, 6.07) is 0.297. The van der Waals surface area contributed by atoms with E-state index in [4.69, 9.17) is 0 Å². The lowest BCUT2D eigenvalue weighted by Gasteiger charge is -2.22. The molecule has 2 aromatic rings. The van der Waals surface area contributed by atoms with Crippen molar-refractivity contribution in [3.63, 3.8) is 0 Å². The summed E-state index contributed by atoms with van der Waals surface area (Å²) in [5.74, 6) is 1.86. The van der Waals surface area contributed by atoms with E-state index in [9.17, 15) is 4.79 Å². The van der Waals surface area contributed by atoms with Crippen LogP contribution in [0.5, 0.6) is 0 Å². The van der Waals surface area contributed by atoms with Gasteiger partial charge in [-0.2, -0.15) is 0 Å². The maximum absolute atomic E-state index is 12.2. The average Bonchev–Trinajstić information content (AvgIpc) is 3.30. The molecule has 2 amide bonds. The molecule has 2 N–H and O–H groups in total. The molecule has 4 rings (SSSR count). The average molecular weight is 315 g/mol. The summed E-state index contributed by atoms with van der Waals surface area (Å²) in [5, 5.41) is 14.3. The first-order chi connectivity index (χ1) is 11.3. The third-order valence-corrected chi connectivity index (χ3v) is 4.80. The molecule has 2 aromatic heterocycles. The predicted molar refractivity (Wildman–Crippen MR) is 82.6 cm³/mol. The highest BCUT2D eigenvalue weighted by Gasteiger charge is 2.29. The molecule has 0 bridgehead atoms. The molecule has 3 heterocycles. The fourth-order valence-electron chi connectivity index (χ4n) is 3.65. The first kappa shape index (κ1) is 14.2. The van der Waals surface area contributed by atoms with Crippen LogP contribution in [0, 0.1) is 0 Å². The second-order valence-electron chi connectivity index (χ2n) is 6.23. The van der Waals surface area contributed by atoms with Crippen LogP contribution >= 0.6 is 0 Å². The summed E-state index contributed by atoms with van der Waals surface area (Å²) >= 11 is 0. The number of aromatic nitrogens is 5. The Hall–Kier alpha value is -2.38. The highest BCUT2D eigenvalue weighted by molar-refractivity contribution is 5.74. The van der Waals surface area contributed by atoms with Crippen LogP contribution < -0.4 is 10.6 Å². The van der Waals surface area contributed by atoms with Crippen molar-refractivity contribution in [2.75, 3.05) is 0 Å². The maximum Gasteiger partial charge on any atom is 0.315 e. The molecule has 8 nitrogen and oxygen atoms in total. The van der Waals surface area contributed by atoms with Crippen LogP contribution in [-0.2, 0) is 19.5 Å². The van der Waals surface area contributed by atoms with Crippen molar-refractivity contribution in [1.82, 2.24) is 34.9 Å². The summed E-state index contributed by atoms with van der Waals surface area (Å²) in [6.45, 7) is 1.37. The number of fused-ring (bicyclic) bond motifs is 1. The highest BCUT2D eigenvalue weighted by atomic mass is 16.2. The van der Waals surface area contributed by atoms with Gasteiger partial charge in [0.2, 0.25) is 0 Å². The molecule has 1 fully saturated rings. The Morgan fingerprint density at radius 3 is 3.13 bits per heavy atom. The Bertz CT molecular complexity index is 678. The number of imidazole rings is 1. The molecular weight excluding hydrogens is 294 g/mol. The molecule has 1 aliphatic carbocycles. The highest BCUT2D eigenvalue weighted by Crippen LogP contribution is 2.29. The second-order valence-corrected chi connectivity index (χ2v) is 6.23. The molecule has 0 saturated heterocycles. The topological polar surface area (TPSA) is 89.7 Å². The number of aryl methyl sites for hydroxylation is 1. The Kier molecular flexibility index (Phi) is 3.72. The smallest absolute Gasteiger partial charge is 0.315 e. The van der Waals surface area contributed by atoms with Crippen molar-refractivity contribution in [1.29, 1.82) is 0 Å². The molecule has 2 aliphatic rings. The van der Waals surface area contributed by atoms with Crippen molar-refractivity contribution in [3.05, 3.63) is 30.4 Å². The van der Waals surface area contributed by atoms with Gasteiger partial charge in [0.25, 0.3) is 0 Å². The number of amides is 2. The predicted octanol–water partition coefficient (Wildman–Crippen LogP) is 1.01. The molecule has 0 spiro atoms. The number of urea groups is 1. The first-order valence-corrected chi connectivity index (χ1v) is 8.24. The van der Waals surface area contributed by atoms with E-state index in [1.54, 1.807) is 6.20 Å². The van der Waals surface area contributed by atoms with E-state index in [-0.39, 0.29) is 12.1 Å². The minimum atomic E-state index is -0.141. The molecular formula is C15H21N7O. The number of carbonyl (C=O) groups is 1. The van der Waals surface area contributed by atoms with E-state index in [2.05, 4.69) is 34.9 Å². The van der Waals surface area contributed by atoms with Crippen molar-refractivity contribution in [2.24, 2.45) is 0 Å². The van der Waals surface area contributed by atoms with Gasteiger partial charge in [-0.1, -0.05) is 0 Å². The lowest BCUT2D eigenvalue weighted by atomic mass is 10.2. The summed E-state index contributed by atoms with van der Waals surface area (Å²) in [6.07, 6.45) is 10.8. The largest absolute Gasteiger partial charge is 0.333 e. The van der Waals surface area contributed by atoms with E-state index in [0.717, 1.165) is 50.3 Å². The molecule has 1 saturated carbocycles. The van der Waals surface area contributed by atoms with E-state index in [1.165, 1.54) is 0 Å². The standard InChI is InChI=1S/C15H21N7O/c23-15(17-9-14-20-19-13-5-2-7-22(13)14)18-11-3-1-4-12(11)21-8-6-16-10-21/h6,8,10-12H,1-5,7,9H2,(H2,17,18,23)/t11-,12+/m1/s1. The normalized spacial score (nSPS) is 23.0. The van der Waals surface area contributed by atoms with E-state index < -0.39 is 0 Å². The van der Waals surface area contributed by atoms with Gasteiger partial charge in [0.15, 0.2) is 5.82 Å². The maximum atomic E-state index is 12.2. The number of rotatable bonds is 4. The quantitative estimate of drug-likeness (QED) is 0.881. The van der Waals surface area contributed by atoms with Crippen LogP contribution in [0.25, 0.3) is 0 Å². The van der Waals surface area contributed by atoms with Gasteiger partial charge in [-0.15, -0.1) is 10.2 Å². The van der Waals surface area contributed by atoms with Crippen LogP contribution in [-0.4, -0.2) is 36.4 Å². The van der Waals surface area contributed by atoms with Gasteiger partial charge in [0.1, 0.15) is 5.82 Å². The lowest BCUT2D eigenvalue weighted by Crippen LogP contribution is -2.44. The zero-order valence-electron chi connectivity index (χ0n) is 13.0. The number of hydrogen-bond acceptors (Lipinski definition) is 4. The first-order valence-electron chi connectivity index (χ1n) is 8.24. The number of nitrogens with zero attached hydrogens (tertiary/aromatic N) is 5. The minimum Gasteiger partial charge on any atom is -0.333 e. The van der Waals surface area contributed by atoms with E-state index in [1.807, 2.05) is 12.5 Å². The zero-order chi connectivity index (χ0) is 15.6. The van der Waals surface area contributed by atoms with Crippen LogP contribution in [0.4, 0.5) is 4.79 Å². The molecule has 122 valence electrons. The fraction of sp³-hybridized carbons (Fsp3) is 0.600. The van der Waals surface area contributed by atoms with Crippen molar-refractivity contribution in [2.45, 2.75) is 57.3 Å². The van der Waals surface area contributed by atoms with E-state index in [0.29, 0.717) is 12.6 Å². The Balaban J connectivity index is 1.33. The lowest BCUT2D eigenvalue weighted by molar-refractivity contribution is 0.232. The van der Waals surface area contributed by atoms with Crippen molar-refractivity contribution < 1.29 is 4.79 Å². The van der Waals surface area contributed by atoms with Gasteiger partial charge in [0, 0.05) is 25.4 Å². The van der Waals surface area contributed by atoms with Gasteiger partial charge >= 0.3 is 6.03 Å². The van der Waals surface area contributed by atoms with Gasteiger partial charge in [-0.25, -0.2) is 9.78 Å².